The average Bonchev–Trinajstić information content (AvgIpc) is 2.89. The third kappa shape index (κ3) is 4.34. The van der Waals surface area contributed by atoms with Crippen molar-refractivity contribution in [3.63, 3.8) is 0 Å². The van der Waals surface area contributed by atoms with Crippen molar-refractivity contribution >= 4 is 5.91 Å². The van der Waals surface area contributed by atoms with Crippen molar-refractivity contribution < 1.29 is 9.53 Å². The third-order valence-electron chi connectivity index (χ3n) is 3.56. The lowest BCUT2D eigenvalue weighted by Crippen LogP contribution is -2.33. The van der Waals surface area contributed by atoms with Crippen LogP contribution in [0, 0.1) is 5.41 Å². The van der Waals surface area contributed by atoms with Crippen LogP contribution in [0.25, 0.3) is 0 Å². The second kappa shape index (κ2) is 6.86. The largest absolute Gasteiger partial charge is 0.496 e. The second-order valence-electron chi connectivity index (χ2n) is 6.88. The van der Waals surface area contributed by atoms with Gasteiger partial charge in [0.15, 0.2) is 0 Å². The van der Waals surface area contributed by atoms with Gasteiger partial charge in [0.1, 0.15) is 17.6 Å². The van der Waals surface area contributed by atoms with E-state index in [0.29, 0.717) is 6.42 Å². The molecule has 2 aromatic rings. The number of rotatable bonds is 5. The number of benzene rings is 1. The molecule has 0 aliphatic rings. The van der Waals surface area contributed by atoms with Gasteiger partial charge < -0.3 is 14.6 Å². The van der Waals surface area contributed by atoms with Crippen molar-refractivity contribution in [2.24, 2.45) is 12.5 Å². The number of imidazole rings is 1. The number of amides is 1. The molecule has 1 heterocycles. The highest BCUT2D eigenvalue weighted by Gasteiger charge is 2.25. The number of aryl methyl sites for hydroxylation is 1. The lowest BCUT2D eigenvalue weighted by Gasteiger charge is -2.24. The average molecular weight is 315 g/mol. The van der Waals surface area contributed by atoms with Crippen LogP contribution in [0.15, 0.2) is 36.7 Å². The van der Waals surface area contributed by atoms with Crippen LogP contribution in [0.5, 0.6) is 5.75 Å². The van der Waals surface area contributed by atoms with Crippen molar-refractivity contribution in [3.8, 4) is 5.75 Å². The van der Waals surface area contributed by atoms with E-state index in [1.54, 1.807) is 13.3 Å². The van der Waals surface area contributed by atoms with Crippen LogP contribution in [0.3, 0.4) is 0 Å². The number of ether oxygens (including phenoxy) is 1. The Morgan fingerprint density at radius 1 is 1.35 bits per heavy atom. The monoisotopic (exact) mass is 315 g/mol. The van der Waals surface area contributed by atoms with E-state index in [2.05, 4.69) is 10.3 Å². The lowest BCUT2D eigenvalue weighted by molar-refractivity contribution is -0.123. The van der Waals surface area contributed by atoms with Gasteiger partial charge in [-0.2, -0.15) is 0 Å². The van der Waals surface area contributed by atoms with Crippen LogP contribution in [-0.2, 0) is 11.8 Å². The first-order valence-corrected chi connectivity index (χ1v) is 7.71. The zero-order valence-corrected chi connectivity index (χ0v) is 14.5. The van der Waals surface area contributed by atoms with E-state index >= 15 is 0 Å². The summed E-state index contributed by atoms with van der Waals surface area (Å²) >= 11 is 0. The molecule has 0 aliphatic heterocycles. The summed E-state index contributed by atoms with van der Waals surface area (Å²) in [5.74, 6) is 1.50. The summed E-state index contributed by atoms with van der Waals surface area (Å²) in [6.45, 7) is 6.14. The Labute approximate surface area is 137 Å². The Morgan fingerprint density at radius 3 is 2.61 bits per heavy atom. The van der Waals surface area contributed by atoms with Gasteiger partial charge in [0.25, 0.3) is 0 Å². The van der Waals surface area contributed by atoms with Gasteiger partial charge in [0.2, 0.25) is 5.91 Å². The molecule has 23 heavy (non-hydrogen) atoms. The first-order valence-electron chi connectivity index (χ1n) is 7.71. The second-order valence-corrected chi connectivity index (χ2v) is 6.88. The Hall–Kier alpha value is -2.30. The molecular weight excluding hydrogens is 290 g/mol. The zero-order valence-electron chi connectivity index (χ0n) is 14.5. The number of methoxy groups -OCH3 is 1. The molecule has 0 aliphatic carbocycles. The van der Waals surface area contributed by atoms with Crippen LogP contribution in [0.2, 0.25) is 0 Å². The number of nitrogens with one attached hydrogen (secondary N) is 1. The van der Waals surface area contributed by atoms with Gasteiger partial charge >= 0.3 is 0 Å². The van der Waals surface area contributed by atoms with Crippen molar-refractivity contribution in [1.29, 1.82) is 0 Å². The molecule has 0 fully saturated rings. The number of nitrogens with zero attached hydrogens (tertiary/aromatic N) is 2. The molecule has 1 aromatic heterocycles. The highest BCUT2D eigenvalue weighted by atomic mass is 16.5. The SMILES string of the molecule is COc1ccccc1[C@@H](NC(=O)CC(C)(C)C)c1nccn1C. The molecule has 2 rings (SSSR count). The van der Waals surface area contributed by atoms with Crippen molar-refractivity contribution in [1.82, 2.24) is 14.9 Å². The maximum atomic E-state index is 12.5. The van der Waals surface area contributed by atoms with Gasteiger partial charge in [-0.1, -0.05) is 39.0 Å². The minimum Gasteiger partial charge on any atom is -0.496 e. The summed E-state index contributed by atoms with van der Waals surface area (Å²) in [6, 6.07) is 7.34. The van der Waals surface area contributed by atoms with Crippen molar-refractivity contribution in [3.05, 3.63) is 48.0 Å². The molecule has 0 bridgehead atoms. The Balaban J connectivity index is 2.37. The molecule has 1 amide bonds. The number of aromatic nitrogens is 2. The summed E-state index contributed by atoms with van der Waals surface area (Å²) in [7, 11) is 3.55. The Morgan fingerprint density at radius 2 is 2.04 bits per heavy atom. The molecule has 0 radical (unpaired) electrons. The fourth-order valence-corrected chi connectivity index (χ4v) is 2.54. The molecule has 5 heteroatoms. The summed E-state index contributed by atoms with van der Waals surface area (Å²) < 4.78 is 7.37. The predicted octanol–water partition coefficient (Wildman–Crippen LogP) is 3.07. The molecule has 5 nitrogen and oxygen atoms in total. The van der Waals surface area contributed by atoms with E-state index < -0.39 is 0 Å². The summed E-state index contributed by atoms with van der Waals surface area (Å²) in [4.78, 5) is 16.9. The highest BCUT2D eigenvalue weighted by molar-refractivity contribution is 5.77. The van der Waals surface area contributed by atoms with Crippen LogP contribution >= 0.6 is 0 Å². The summed E-state index contributed by atoms with van der Waals surface area (Å²) in [5, 5.41) is 3.11. The minimum absolute atomic E-state index is 0.00333. The number of carbonyl (C=O) groups excluding carboxylic acids is 1. The van der Waals surface area contributed by atoms with Crippen LogP contribution < -0.4 is 10.1 Å². The number of para-hydroxylation sites is 1. The van der Waals surface area contributed by atoms with Gasteiger partial charge in [-0.25, -0.2) is 4.98 Å². The third-order valence-corrected chi connectivity index (χ3v) is 3.56. The number of hydrogen-bond acceptors (Lipinski definition) is 3. The molecule has 0 unspecified atom stereocenters. The molecule has 0 saturated carbocycles. The Kier molecular flexibility index (Phi) is 5.08. The molecule has 1 aromatic carbocycles. The van der Waals surface area contributed by atoms with Crippen molar-refractivity contribution in [2.45, 2.75) is 33.2 Å². The fourth-order valence-electron chi connectivity index (χ4n) is 2.54. The zero-order chi connectivity index (χ0) is 17.0. The van der Waals surface area contributed by atoms with Crippen LogP contribution in [0.4, 0.5) is 0 Å². The smallest absolute Gasteiger partial charge is 0.221 e. The van der Waals surface area contributed by atoms with Crippen molar-refractivity contribution in [2.75, 3.05) is 7.11 Å². The van der Waals surface area contributed by atoms with Gasteiger partial charge in [-0.15, -0.1) is 0 Å². The van der Waals surface area contributed by atoms with E-state index in [4.69, 9.17) is 4.74 Å². The van der Waals surface area contributed by atoms with E-state index in [9.17, 15) is 4.79 Å². The van der Waals surface area contributed by atoms with Gasteiger partial charge in [-0.3, -0.25) is 4.79 Å². The lowest BCUT2D eigenvalue weighted by atomic mass is 9.91. The molecular formula is C18H25N3O2. The molecule has 0 saturated heterocycles. The summed E-state index contributed by atoms with van der Waals surface area (Å²) in [6.07, 6.45) is 4.05. The van der Waals surface area contributed by atoms with Gasteiger partial charge in [-0.05, 0) is 11.5 Å². The van der Waals surface area contributed by atoms with Crippen LogP contribution in [-0.4, -0.2) is 22.6 Å². The first kappa shape index (κ1) is 17.1. The maximum Gasteiger partial charge on any atom is 0.221 e. The van der Waals surface area contributed by atoms with Gasteiger partial charge in [0.05, 0.1) is 7.11 Å². The summed E-state index contributed by atoms with van der Waals surface area (Å²) in [5.41, 5.74) is 0.823. The van der Waals surface area contributed by atoms with E-state index in [-0.39, 0.29) is 17.4 Å². The fraction of sp³-hybridized carbons (Fsp3) is 0.444. The topological polar surface area (TPSA) is 56.1 Å². The number of carbonyl (C=O) groups is 1. The number of hydrogen-bond donors (Lipinski definition) is 1. The highest BCUT2D eigenvalue weighted by Crippen LogP contribution is 2.29. The maximum absolute atomic E-state index is 12.5. The normalized spacial score (nSPS) is 12.7. The predicted molar refractivity (Wildman–Crippen MR) is 90.3 cm³/mol. The molecule has 1 atom stereocenters. The molecule has 1 N–H and O–H groups in total. The van der Waals surface area contributed by atoms with E-state index in [0.717, 1.165) is 17.1 Å². The van der Waals surface area contributed by atoms with E-state index in [1.807, 2.05) is 62.8 Å². The molecule has 124 valence electrons. The standard InChI is InChI=1S/C18H25N3O2/c1-18(2,3)12-15(22)20-16(17-19-10-11-21(17)4)13-8-6-7-9-14(13)23-5/h6-11,16H,12H2,1-5H3,(H,20,22)/t16-/m1/s1. The van der Waals surface area contributed by atoms with E-state index in [1.165, 1.54) is 0 Å². The quantitative estimate of drug-likeness (QED) is 0.922. The minimum atomic E-state index is -0.346. The Bertz CT molecular complexity index is 671. The van der Waals surface area contributed by atoms with Crippen LogP contribution in [0.1, 0.15) is 44.6 Å². The molecule has 0 spiro atoms. The van der Waals surface area contributed by atoms with Gasteiger partial charge in [0, 0.05) is 31.4 Å². The first-order chi connectivity index (χ1) is 10.8.